The van der Waals surface area contributed by atoms with Crippen molar-refractivity contribution in [1.29, 1.82) is 0 Å². The van der Waals surface area contributed by atoms with E-state index in [0.717, 1.165) is 17.2 Å². The van der Waals surface area contributed by atoms with Crippen LogP contribution in [0.4, 0.5) is 11.4 Å². The van der Waals surface area contributed by atoms with Crippen molar-refractivity contribution in [2.45, 2.75) is 13.8 Å². The summed E-state index contributed by atoms with van der Waals surface area (Å²) in [6.45, 7) is 3.50. The van der Waals surface area contributed by atoms with Crippen LogP contribution in [-0.4, -0.2) is 23.4 Å². The van der Waals surface area contributed by atoms with E-state index in [2.05, 4.69) is 5.32 Å². The van der Waals surface area contributed by atoms with E-state index >= 15 is 0 Å². The van der Waals surface area contributed by atoms with Gasteiger partial charge in [0, 0.05) is 23.9 Å². The maximum absolute atomic E-state index is 11.8. The van der Waals surface area contributed by atoms with Gasteiger partial charge < -0.3 is 10.1 Å². The molecule has 0 aliphatic heterocycles. The Hall–Kier alpha value is -3.48. The monoisotopic (exact) mass is 354 g/mol. The van der Waals surface area contributed by atoms with Gasteiger partial charge in [0.15, 0.2) is 6.61 Å². The summed E-state index contributed by atoms with van der Waals surface area (Å²) >= 11 is 0. The van der Waals surface area contributed by atoms with Crippen LogP contribution in [0, 0.1) is 24.0 Å². The van der Waals surface area contributed by atoms with Gasteiger partial charge in [0.05, 0.1) is 4.92 Å². The van der Waals surface area contributed by atoms with Crippen LogP contribution in [0.15, 0.2) is 48.5 Å². The second-order valence-corrected chi connectivity index (χ2v) is 5.64. The Morgan fingerprint density at radius 3 is 2.42 bits per heavy atom. The number of rotatable bonds is 6. The lowest BCUT2D eigenvalue weighted by Gasteiger charge is -2.07. The molecule has 1 amide bonds. The molecular weight excluding hydrogens is 336 g/mol. The maximum Gasteiger partial charge on any atom is 0.331 e. The van der Waals surface area contributed by atoms with Gasteiger partial charge in [0.25, 0.3) is 11.6 Å². The zero-order valence-electron chi connectivity index (χ0n) is 14.4. The van der Waals surface area contributed by atoms with Crippen LogP contribution in [0.3, 0.4) is 0 Å². The summed E-state index contributed by atoms with van der Waals surface area (Å²) in [5, 5.41) is 13.2. The van der Waals surface area contributed by atoms with Crippen LogP contribution < -0.4 is 5.32 Å². The minimum atomic E-state index is -0.682. The molecule has 7 heteroatoms. The van der Waals surface area contributed by atoms with E-state index in [9.17, 15) is 19.7 Å². The van der Waals surface area contributed by atoms with Crippen molar-refractivity contribution in [3.05, 3.63) is 75.3 Å². The largest absolute Gasteiger partial charge is 0.452 e. The third-order valence-electron chi connectivity index (χ3n) is 3.65. The molecule has 7 nitrogen and oxygen atoms in total. The number of nitrogens with zero attached hydrogens (tertiary/aromatic N) is 1. The molecule has 1 N–H and O–H groups in total. The van der Waals surface area contributed by atoms with Crippen molar-refractivity contribution >= 4 is 29.3 Å². The number of non-ortho nitro benzene ring substituents is 1. The summed E-state index contributed by atoms with van der Waals surface area (Å²) in [6, 6.07) is 11.2. The quantitative estimate of drug-likeness (QED) is 0.371. The average Bonchev–Trinajstić information content (AvgIpc) is 2.61. The van der Waals surface area contributed by atoms with E-state index < -0.39 is 23.4 Å². The molecule has 0 saturated heterocycles. The van der Waals surface area contributed by atoms with Gasteiger partial charge >= 0.3 is 5.97 Å². The maximum atomic E-state index is 11.8. The SMILES string of the molecule is Cc1ccc(NC(=O)COC(=O)/C=C/c2ccc([N+](=O)[O-])cc2)cc1C. The highest BCUT2D eigenvalue weighted by molar-refractivity contribution is 5.94. The van der Waals surface area contributed by atoms with Gasteiger partial charge in [-0.25, -0.2) is 4.79 Å². The third kappa shape index (κ3) is 5.55. The second kappa shape index (κ2) is 8.57. The highest BCUT2D eigenvalue weighted by Gasteiger charge is 2.07. The van der Waals surface area contributed by atoms with Crippen molar-refractivity contribution in [3.63, 3.8) is 0 Å². The van der Waals surface area contributed by atoms with E-state index in [1.54, 1.807) is 6.07 Å². The molecule has 0 radical (unpaired) electrons. The van der Waals surface area contributed by atoms with Gasteiger partial charge in [-0.15, -0.1) is 0 Å². The molecule has 0 atom stereocenters. The molecule has 2 rings (SSSR count). The van der Waals surface area contributed by atoms with Crippen LogP contribution in [-0.2, 0) is 14.3 Å². The summed E-state index contributed by atoms with van der Waals surface area (Å²) in [5.74, 6) is -1.12. The van der Waals surface area contributed by atoms with Crippen LogP contribution in [0.5, 0.6) is 0 Å². The fourth-order valence-electron chi connectivity index (χ4n) is 2.07. The fourth-order valence-corrected chi connectivity index (χ4v) is 2.07. The van der Waals surface area contributed by atoms with Gasteiger partial charge in [-0.3, -0.25) is 14.9 Å². The van der Waals surface area contributed by atoms with Crippen LogP contribution >= 0.6 is 0 Å². The molecule has 0 fully saturated rings. The molecule has 0 aliphatic carbocycles. The lowest BCUT2D eigenvalue weighted by atomic mass is 10.1. The molecule has 0 unspecified atom stereocenters. The van der Waals surface area contributed by atoms with E-state index in [-0.39, 0.29) is 5.69 Å². The predicted octanol–water partition coefficient (Wildman–Crippen LogP) is 3.41. The molecule has 0 saturated carbocycles. The number of hydrogen-bond acceptors (Lipinski definition) is 5. The summed E-state index contributed by atoms with van der Waals surface area (Å²) < 4.78 is 4.87. The second-order valence-electron chi connectivity index (χ2n) is 5.64. The van der Waals surface area contributed by atoms with E-state index in [1.165, 1.54) is 30.3 Å². The number of aryl methyl sites for hydroxylation is 2. The number of ether oxygens (including phenoxy) is 1. The van der Waals surface area contributed by atoms with Crippen molar-refractivity contribution in [3.8, 4) is 0 Å². The van der Waals surface area contributed by atoms with Crippen molar-refractivity contribution in [1.82, 2.24) is 0 Å². The van der Waals surface area contributed by atoms with Crippen LogP contribution in [0.1, 0.15) is 16.7 Å². The molecule has 2 aromatic rings. The van der Waals surface area contributed by atoms with Crippen molar-refractivity contribution in [2.75, 3.05) is 11.9 Å². The number of nitrogens with one attached hydrogen (secondary N) is 1. The van der Waals surface area contributed by atoms with E-state index in [4.69, 9.17) is 4.74 Å². The first-order chi connectivity index (χ1) is 12.3. The third-order valence-corrected chi connectivity index (χ3v) is 3.65. The Labute approximate surface area is 150 Å². The molecule has 0 aliphatic rings. The summed E-state index contributed by atoms with van der Waals surface area (Å²) in [4.78, 5) is 33.5. The van der Waals surface area contributed by atoms with Crippen LogP contribution in [0.2, 0.25) is 0 Å². The lowest BCUT2D eigenvalue weighted by Crippen LogP contribution is -2.20. The highest BCUT2D eigenvalue weighted by Crippen LogP contribution is 2.14. The zero-order valence-corrected chi connectivity index (χ0v) is 14.4. The number of carbonyl (C=O) groups is 2. The smallest absolute Gasteiger partial charge is 0.331 e. The zero-order chi connectivity index (χ0) is 19.1. The number of nitro groups is 1. The van der Waals surface area contributed by atoms with Crippen molar-refractivity contribution in [2.24, 2.45) is 0 Å². The first-order valence-electron chi connectivity index (χ1n) is 7.81. The number of benzene rings is 2. The number of amides is 1. The molecule has 0 bridgehead atoms. The Kier molecular flexibility index (Phi) is 6.21. The number of nitro benzene ring substituents is 1. The van der Waals surface area contributed by atoms with Gasteiger partial charge in [-0.2, -0.15) is 0 Å². The van der Waals surface area contributed by atoms with E-state index in [0.29, 0.717) is 11.3 Å². The van der Waals surface area contributed by atoms with Gasteiger partial charge in [0.1, 0.15) is 0 Å². The fraction of sp³-hybridized carbons (Fsp3) is 0.158. The lowest BCUT2D eigenvalue weighted by molar-refractivity contribution is -0.384. The molecular formula is C19H18N2O5. The van der Waals surface area contributed by atoms with Gasteiger partial charge in [-0.05, 0) is 60.9 Å². The molecule has 0 spiro atoms. The number of carbonyl (C=O) groups excluding carboxylic acids is 2. The minimum absolute atomic E-state index is 0.0345. The number of anilines is 1. The molecule has 0 aromatic heterocycles. The molecule has 134 valence electrons. The Morgan fingerprint density at radius 2 is 1.81 bits per heavy atom. The topological polar surface area (TPSA) is 98.5 Å². The summed E-state index contributed by atoms with van der Waals surface area (Å²) in [6.07, 6.45) is 2.61. The predicted molar refractivity (Wildman–Crippen MR) is 97.6 cm³/mol. The summed E-state index contributed by atoms with van der Waals surface area (Å²) in [5.41, 5.74) is 3.37. The Morgan fingerprint density at radius 1 is 1.12 bits per heavy atom. The highest BCUT2D eigenvalue weighted by atomic mass is 16.6. The van der Waals surface area contributed by atoms with Gasteiger partial charge in [-0.1, -0.05) is 6.07 Å². The number of hydrogen-bond donors (Lipinski definition) is 1. The number of esters is 1. The first-order valence-corrected chi connectivity index (χ1v) is 7.81. The minimum Gasteiger partial charge on any atom is -0.452 e. The Bertz CT molecular complexity index is 857. The van der Waals surface area contributed by atoms with Crippen molar-refractivity contribution < 1.29 is 19.2 Å². The standard InChI is InChI=1S/C19H18N2O5/c1-13-3-7-16(11-14(13)2)20-18(22)12-26-19(23)10-6-15-4-8-17(9-5-15)21(24)25/h3-11H,12H2,1-2H3,(H,20,22)/b10-6+. The molecule has 26 heavy (non-hydrogen) atoms. The van der Waals surface area contributed by atoms with Gasteiger partial charge in [0.2, 0.25) is 0 Å². The van der Waals surface area contributed by atoms with E-state index in [1.807, 2.05) is 26.0 Å². The Balaban J connectivity index is 1.82. The normalized spacial score (nSPS) is 10.5. The van der Waals surface area contributed by atoms with Crippen LogP contribution in [0.25, 0.3) is 6.08 Å². The molecule has 2 aromatic carbocycles. The first kappa shape index (κ1) is 18.9. The molecule has 0 heterocycles. The average molecular weight is 354 g/mol. The summed E-state index contributed by atoms with van der Waals surface area (Å²) in [7, 11) is 0.